The minimum absolute atomic E-state index is 0.0168. The average Bonchev–Trinajstić information content (AvgIpc) is 2.30. The minimum atomic E-state index is -1.04. The Kier molecular flexibility index (Phi) is 2.92. The molecule has 1 aromatic heterocycles. The van der Waals surface area contributed by atoms with Gasteiger partial charge in [-0.05, 0) is 18.9 Å². The molecule has 1 fully saturated rings. The number of rotatable bonds is 2. The number of hydrogen-bond donors (Lipinski definition) is 2. The van der Waals surface area contributed by atoms with Crippen molar-refractivity contribution in [2.75, 3.05) is 0 Å². The standard InChI is InChI=1S/C12H15NO3/c14-11(15)10-5-4-9(8-13-10)12(16)6-2-1-3-7-12/h4-5,8,16H,1-3,6-7H2,(H,14,15). The number of carbonyl (C=O) groups is 1. The van der Waals surface area contributed by atoms with Gasteiger partial charge in [0, 0.05) is 11.8 Å². The van der Waals surface area contributed by atoms with Crippen LogP contribution in [0.1, 0.15) is 48.2 Å². The van der Waals surface area contributed by atoms with Crippen LogP contribution < -0.4 is 0 Å². The molecule has 1 aromatic rings. The Morgan fingerprint density at radius 2 is 1.94 bits per heavy atom. The molecule has 4 nitrogen and oxygen atoms in total. The molecular weight excluding hydrogens is 206 g/mol. The molecular formula is C12H15NO3. The van der Waals surface area contributed by atoms with Crippen molar-refractivity contribution in [3.8, 4) is 0 Å². The maximum atomic E-state index is 10.6. The van der Waals surface area contributed by atoms with Crippen LogP contribution in [0.3, 0.4) is 0 Å². The van der Waals surface area contributed by atoms with Gasteiger partial charge in [-0.15, -0.1) is 0 Å². The summed E-state index contributed by atoms with van der Waals surface area (Å²) in [6, 6.07) is 3.12. The molecule has 86 valence electrons. The van der Waals surface area contributed by atoms with E-state index in [1.165, 1.54) is 12.3 Å². The molecule has 1 aliphatic carbocycles. The maximum absolute atomic E-state index is 10.6. The fourth-order valence-corrected chi connectivity index (χ4v) is 2.22. The molecule has 2 rings (SSSR count). The van der Waals surface area contributed by atoms with Gasteiger partial charge in [-0.2, -0.15) is 0 Å². The first kappa shape index (κ1) is 11.1. The minimum Gasteiger partial charge on any atom is -0.477 e. The highest BCUT2D eigenvalue weighted by molar-refractivity contribution is 5.85. The summed E-state index contributed by atoms with van der Waals surface area (Å²) < 4.78 is 0. The Hall–Kier alpha value is -1.42. The molecule has 0 unspecified atom stereocenters. The first-order valence-electron chi connectivity index (χ1n) is 5.54. The van der Waals surface area contributed by atoms with Gasteiger partial charge in [0.2, 0.25) is 0 Å². The predicted octanol–water partition coefficient (Wildman–Crippen LogP) is 1.93. The van der Waals surface area contributed by atoms with Crippen LogP contribution in [0.4, 0.5) is 0 Å². The molecule has 1 saturated carbocycles. The van der Waals surface area contributed by atoms with Crippen LogP contribution in [0.25, 0.3) is 0 Å². The van der Waals surface area contributed by atoms with Gasteiger partial charge in [-0.25, -0.2) is 9.78 Å². The Labute approximate surface area is 93.9 Å². The Balaban J connectivity index is 2.23. The molecule has 16 heavy (non-hydrogen) atoms. The molecule has 0 atom stereocenters. The molecule has 1 aliphatic rings. The lowest BCUT2D eigenvalue weighted by Crippen LogP contribution is -2.28. The van der Waals surface area contributed by atoms with E-state index in [9.17, 15) is 9.90 Å². The molecule has 0 bridgehead atoms. The molecule has 0 aromatic carbocycles. The average molecular weight is 221 g/mol. The summed E-state index contributed by atoms with van der Waals surface area (Å²) in [5.74, 6) is -1.04. The lowest BCUT2D eigenvalue weighted by Gasteiger charge is -2.32. The number of pyridine rings is 1. The highest BCUT2D eigenvalue weighted by Gasteiger charge is 2.31. The quantitative estimate of drug-likeness (QED) is 0.800. The van der Waals surface area contributed by atoms with Crippen molar-refractivity contribution >= 4 is 5.97 Å². The van der Waals surface area contributed by atoms with Gasteiger partial charge in [0.05, 0.1) is 5.60 Å². The van der Waals surface area contributed by atoms with Crippen molar-refractivity contribution in [3.63, 3.8) is 0 Å². The summed E-state index contributed by atoms with van der Waals surface area (Å²) in [6.45, 7) is 0. The van der Waals surface area contributed by atoms with Crippen LogP contribution in [0.5, 0.6) is 0 Å². The molecule has 0 amide bonds. The Bertz CT molecular complexity index is 380. The number of aromatic carboxylic acids is 1. The monoisotopic (exact) mass is 221 g/mol. The predicted molar refractivity (Wildman–Crippen MR) is 58.2 cm³/mol. The van der Waals surface area contributed by atoms with Gasteiger partial charge in [0.1, 0.15) is 5.69 Å². The topological polar surface area (TPSA) is 70.4 Å². The molecule has 2 N–H and O–H groups in total. The second-order valence-electron chi connectivity index (χ2n) is 4.33. The van der Waals surface area contributed by atoms with E-state index >= 15 is 0 Å². The van der Waals surface area contributed by atoms with Crippen LogP contribution in [0, 0.1) is 0 Å². The fraction of sp³-hybridized carbons (Fsp3) is 0.500. The number of aliphatic hydroxyl groups is 1. The summed E-state index contributed by atoms with van der Waals surface area (Å²) in [5.41, 5.74) is -0.0530. The second kappa shape index (κ2) is 4.22. The van der Waals surface area contributed by atoms with Crippen molar-refractivity contribution in [3.05, 3.63) is 29.6 Å². The maximum Gasteiger partial charge on any atom is 0.354 e. The van der Waals surface area contributed by atoms with Crippen molar-refractivity contribution < 1.29 is 15.0 Å². The number of carboxylic acids is 1. The lowest BCUT2D eigenvalue weighted by molar-refractivity contribution is -0.000995. The Morgan fingerprint density at radius 1 is 1.25 bits per heavy atom. The number of nitrogens with zero attached hydrogens (tertiary/aromatic N) is 1. The van der Waals surface area contributed by atoms with Crippen LogP contribution in [0.2, 0.25) is 0 Å². The fourth-order valence-electron chi connectivity index (χ4n) is 2.22. The molecule has 0 radical (unpaired) electrons. The summed E-state index contributed by atoms with van der Waals surface area (Å²) in [7, 11) is 0. The summed E-state index contributed by atoms with van der Waals surface area (Å²) >= 11 is 0. The van der Waals surface area contributed by atoms with Crippen molar-refractivity contribution in [1.82, 2.24) is 4.98 Å². The van der Waals surface area contributed by atoms with E-state index in [1.807, 2.05) is 0 Å². The highest BCUT2D eigenvalue weighted by Crippen LogP contribution is 2.36. The smallest absolute Gasteiger partial charge is 0.354 e. The van der Waals surface area contributed by atoms with Crippen molar-refractivity contribution in [2.45, 2.75) is 37.7 Å². The molecule has 4 heteroatoms. The van der Waals surface area contributed by atoms with E-state index in [0.29, 0.717) is 0 Å². The SMILES string of the molecule is O=C(O)c1ccc(C2(O)CCCCC2)cn1. The Morgan fingerprint density at radius 3 is 2.44 bits per heavy atom. The van der Waals surface area contributed by atoms with Crippen LogP contribution >= 0.6 is 0 Å². The third kappa shape index (κ3) is 2.07. The second-order valence-corrected chi connectivity index (χ2v) is 4.33. The number of hydrogen-bond acceptors (Lipinski definition) is 3. The highest BCUT2D eigenvalue weighted by atomic mass is 16.4. The van der Waals surface area contributed by atoms with Crippen molar-refractivity contribution in [2.24, 2.45) is 0 Å². The molecule has 0 spiro atoms. The van der Waals surface area contributed by atoms with Gasteiger partial charge in [0.15, 0.2) is 0 Å². The largest absolute Gasteiger partial charge is 0.477 e. The van der Waals surface area contributed by atoms with Crippen LogP contribution in [-0.2, 0) is 5.60 Å². The number of carboxylic acid groups (broad SMARTS) is 1. The van der Waals surface area contributed by atoms with Gasteiger partial charge in [-0.1, -0.05) is 25.3 Å². The first-order chi connectivity index (χ1) is 7.62. The number of aromatic nitrogens is 1. The normalized spacial score (nSPS) is 19.3. The van der Waals surface area contributed by atoms with E-state index in [0.717, 1.165) is 37.7 Å². The van der Waals surface area contributed by atoms with Crippen LogP contribution in [-0.4, -0.2) is 21.2 Å². The van der Waals surface area contributed by atoms with E-state index in [1.54, 1.807) is 6.07 Å². The van der Waals surface area contributed by atoms with Gasteiger partial charge < -0.3 is 10.2 Å². The molecule has 0 aliphatic heterocycles. The molecule has 1 heterocycles. The van der Waals surface area contributed by atoms with Gasteiger partial charge >= 0.3 is 5.97 Å². The van der Waals surface area contributed by atoms with E-state index < -0.39 is 11.6 Å². The lowest BCUT2D eigenvalue weighted by atomic mass is 9.80. The van der Waals surface area contributed by atoms with Gasteiger partial charge in [-0.3, -0.25) is 0 Å². The zero-order valence-electron chi connectivity index (χ0n) is 9.02. The first-order valence-corrected chi connectivity index (χ1v) is 5.54. The third-order valence-electron chi connectivity index (χ3n) is 3.20. The summed E-state index contributed by atoms with van der Waals surface area (Å²) in [5, 5.41) is 19.1. The van der Waals surface area contributed by atoms with E-state index in [2.05, 4.69) is 4.98 Å². The third-order valence-corrected chi connectivity index (χ3v) is 3.20. The summed E-state index contributed by atoms with van der Waals surface area (Å²) in [6.07, 6.45) is 6.13. The summed E-state index contributed by atoms with van der Waals surface area (Å²) in [4.78, 5) is 14.5. The molecule has 0 saturated heterocycles. The zero-order valence-corrected chi connectivity index (χ0v) is 9.02. The van der Waals surface area contributed by atoms with Crippen LogP contribution in [0.15, 0.2) is 18.3 Å². The van der Waals surface area contributed by atoms with Gasteiger partial charge in [0.25, 0.3) is 0 Å². The van der Waals surface area contributed by atoms with Crippen molar-refractivity contribution in [1.29, 1.82) is 0 Å². The van der Waals surface area contributed by atoms with E-state index in [4.69, 9.17) is 5.11 Å². The zero-order chi connectivity index (χ0) is 11.6. The van der Waals surface area contributed by atoms with E-state index in [-0.39, 0.29) is 5.69 Å².